The summed E-state index contributed by atoms with van der Waals surface area (Å²) in [5.41, 5.74) is 1.30. The number of aryl methyl sites for hydroxylation is 1. The van der Waals surface area contributed by atoms with Crippen molar-refractivity contribution in [2.75, 3.05) is 0 Å². The lowest BCUT2D eigenvalue weighted by molar-refractivity contribution is 0.103. The molecule has 2 aromatic carbocycles. The first-order valence-corrected chi connectivity index (χ1v) is 7.32. The summed E-state index contributed by atoms with van der Waals surface area (Å²) in [5.74, 6) is -1.00. The maximum absolute atomic E-state index is 13.9. The predicted molar refractivity (Wildman–Crippen MR) is 81.4 cm³/mol. The maximum atomic E-state index is 13.9. The zero-order valence-corrected chi connectivity index (χ0v) is 13.7. The van der Waals surface area contributed by atoms with Gasteiger partial charge in [0.1, 0.15) is 5.82 Å². The van der Waals surface area contributed by atoms with Gasteiger partial charge < -0.3 is 0 Å². The van der Waals surface area contributed by atoms with Gasteiger partial charge in [-0.2, -0.15) is 0 Å². The van der Waals surface area contributed by atoms with Gasteiger partial charge >= 0.3 is 0 Å². The van der Waals surface area contributed by atoms with Gasteiger partial charge in [0, 0.05) is 14.5 Å². The molecule has 0 aliphatic rings. The Bertz CT molecular complexity index is 671. The number of halogens is 4. The smallest absolute Gasteiger partial charge is 0.197 e. The average Bonchev–Trinajstić information content (AvgIpc) is 2.36. The topological polar surface area (TPSA) is 17.1 Å². The Morgan fingerprint density at radius 1 is 1.11 bits per heavy atom. The van der Waals surface area contributed by atoms with E-state index in [2.05, 4.69) is 31.9 Å². The second-order valence-electron chi connectivity index (χ2n) is 4.06. The first-order valence-electron chi connectivity index (χ1n) is 5.35. The molecule has 0 atom stereocenters. The van der Waals surface area contributed by atoms with Crippen LogP contribution < -0.4 is 0 Å². The minimum absolute atomic E-state index is 0.0421. The Kier molecular flexibility index (Phi) is 4.43. The Hall–Kier alpha value is -0.710. The highest BCUT2D eigenvalue weighted by Crippen LogP contribution is 2.28. The van der Waals surface area contributed by atoms with Gasteiger partial charge in [0.2, 0.25) is 0 Å². The van der Waals surface area contributed by atoms with Crippen molar-refractivity contribution in [3.8, 4) is 0 Å². The first kappa shape index (κ1) is 14.7. The summed E-state index contributed by atoms with van der Waals surface area (Å²) in [6.45, 7) is 1.87. The summed E-state index contributed by atoms with van der Waals surface area (Å²) < 4.78 is 14.9. The minimum atomic E-state index is -0.602. The van der Waals surface area contributed by atoms with Gasteiger partial charge in [0.05, 0.1) is 10.6 Å². The summed E-state index contributed by atoms with van der Waals surface area (Å²) in [6, 6.07) is 7.87. The molecule has 0 heterocycles. The Morgan fingerprint density at radius 2 is 1.79 bits per heavy atom. The average molecular weight is 406 g/mol. The predicted octanol–water partition coefficient (Wildman–Crippen LogP) is 5.54. The van der Waals surface area contributed by atoms with Gasteiger partial charge in [-0.05, 0) is 47.1 Å². The second-order valence-corrected chi connectivity index (χ2v) is 6.17. The third-order valence-electron chi connectivity index (χ3n) is 2.62. The molecule has 0 unspecified atom stereocenters. The molecule has 0 aliphatic carbocycles. The van der Waals surface area contributed by atoms with Crippen LogP contribution in [0.3, 0.4) is 0 Å². The molecule has 0 bridgehead atoms. The van der Waals surface area contributed by atoms with Crippen LogP contribution in [0.25, 0.3) is 0 Å². The highest BCUT2D eigenvalue weighted by Gasteiger charge is 2.18. The molecule has 2 rings (SSSR count). The number of rotatable bonds is 2. The third-order valence-corrected chi connectivity index (χ3v) is 4.51. The highest BCUT2D eigenvalue weighted by molar-refractivity contribution is 9.10. The van der Waals surface area contributed by atoms with Crippen LogP contribution in [0.1, 0.15) is 21.5 Å². The van der Waals surface area contributed by atoms with Crippen LogP contribution >= 0.6 is 43.5 Å². The second kappa shape index (κ2) is 5.73. The van der Waals surface area contributed by atoms with Gasteiger partial charge in [-0.3, -0.25) is 4.79 Å². The molecular weight excluding hydrogens is 398 g/mol. The molecule has 0 fully saturated rings. The van der Waals surface area contributed by atoms with E-state index in [-0.39, 0.29) is 5.56 Å². The highest BCUT2D eigenvalue weighted by atomic mass is 79.9. The molecule has 0 aromatic heterocycles. The molecule has 0 aliphatic heterocycles. The lowest BCUT2D eigenvalue weighted by Crippen LogP contribution is -2.06. The third kappa shape index (κ3) is 3.07. The van der Waals surface area contributed by atoms with Gasteiger partial charge in [-0.15, -0.1) is 0 Å². The molecule has 0 saturated heterocycles. The number of carbonyl (C=O) groups is 1. The van der Waals surface area contributed by atoms with E-state index >= 15 is 0 Å². The van der Waals surface area contributed by atoms with Crippen molar-refractivity contribution >= 4 is 49.2 Å². The van der Waals surface area contributed by atoms with E-state index in [0.29, 0.717) is 19.5 Å². The fraction of sp³-hybridized carbons (Fsp3) is 0.0714. The standard InChI is InChI=1S/C14H8Br2ClFO/c1-7-2-3-10(15)8(4-7)14(19)9-5-12(17)11(16)6-13(9)18/h2-6H,1H3. The van der Waals surface area contributed by atoms with E-state index in [4.69, 9.17) is 11.6 Å². The van der Waals surface area contributed by atoms with Crippen molar-refractivity contribution in [3.05, 3.63) is 66.8 Å². The molecule has 5 heteroatoms. The van der Waals surface area contributed by atoms with E-state index < -0.39 is 11.6 Å². The van der Waals surface area contributed by atoms with Crippen molar-refractivity contribution in [3.63, 3.8) is 0 Å². The Balaban J connectivity index is 2.56. The fourth-order valence-corrected chi connectivity index (χ4v) is 2.56. The molecular formula is C14H8Br2ClFO. The zero-order chi connectivity index (χ0) is 14.2. The molecule has 1 nitrogen and oxygen atoms in total. The zero-order valence-electron chi connectivity index (χ0n) is 9.81. The van der Waals surface area contributed by atoms with E-state index in [1.54, 1.807) is 12.1 Å². The number of benzene rings is 2. The Morgan fingerprint density at radius 3 is 2.47 bits per heavy atom. The summed E-state index contributed by atoms with van der Waals surface area (Å²) in [5, 5.41) is 0.300. The van der Waals surface area contributed by atoms with Crippen molar-refractivity contribution < 1.29 is 9.18 Å². The molecule has 0 amide bonds. The van der Waals surface area contributed by atoms with Gasteiger partial charge in [0.25, 0.3) is 0 Å². The number of ketones is 1. The van der Waals surface area contributed by atoms with Crippen LogP contribution in [-0.4, -0.2) is 5.78 Å². The van der Waals surface area contributed by atoms with Gasteiger partial charge in [-0.25, -0.2) is 4.39 Å². The first-order chi connectivity index (χ1) is 8.90. The van der Waals surface area contributed by atoms with Crippen LogP contribution in [0.2, 0.25) is 5.02 Å². The summed E-state index contributed by atoms with van der Waals surface area (Å²) in [6.07, 6.45) is 0. The molecule has 19 heavy (non-hydrogen) atoms. The molecule has 98 valence electrons. The molecule has 0 spiro atoms. The quantitative estimate of drug-likeness (QED) is 0.473. The van der Waals surface area contributed by atoms with E-state index in [1.807, 2.05) is 13.0 Å². The van der Waals surface area contributed by atoms with Gasteiger partial charge in [0.15, 0.2) is 5.78 Å². The minimum Gasteiger partial charge on any atom is -0.288 e. The van der Waals surface area contributed by atoms with E-state index in [9.17, 15) is 9.18 Å². The summed E-state index contributed by atoms with van der Waals surface area (Å²) in [4.78, 5) is 12.4. The van der Waals surface area contributed by atoms with Crippen molar-refractivity contribution in [2.24, 2.45) is 0 Å². The normalized spacial score (nSPS) is 10.6. The molecule has 2 aromatic rings. The maximum Gasteiger partial charge on any atom is 0.197 e. The molecule has 0 N–H and O–H groups in total. The lowest BCUT2D eigenvalue weighted by Gasteiger charge is -2.07. The fourth-order valence-electron chi connectivity index (χ4n) is 1.65. The summed E-state index contributed by atoms with van der Waals surface area (Å²) >= 11 is 12.3. The van der Waals surface area contributed by atoms with Crippen LogP contribution in [0.15, 0.2) is 39.3 Å². The van der Waals surface area contributed by atoms with Crippen LogP contribution in [-0.2, 0) is 0 Å². The van der Waals surface area contributed by atoms with Crippen molar-refractivity contribution in [1.29, 1.82) is 0 Å². The molecule has 0 saturated carbocycles. The van der Waals surface area contributed by atoms with E-state index in [0.717, 1.165) is 5.56 Å². The van der Waals surface area contributed by atoms with Crippen LogP contribution in [0.4, 0.5) is 4.39 Å². The van der Waals surface area contributed by atoms with Gasteiger partial charge in [-0.1, -0.05) is 39.2 Å². The lowest BCUT2D eigenvalue weighted by atomic mass is 10.0. The van der Waals surface area contributed by atoms with E-state index in [1.165, 1.54) is 12.1 Å². The van der Waals surface area contributed by atoms with Crippen molar-refractivity contribution in [1.82, 2.24) is 0 Å². The summed E-state index contributed by atoms with van der Waals surface area (Å²) in [7, 11) is 0. The van der Waals surface area contributed by atoms with Crippen LogP contribution in [0.5, 0.6) is 0 Å². The Labute approximate surface area is 132 Å². The SMILES string of the molecule is Cc1ccc(Br)c(C(=O)c2cc(Cl)c(Br)cc2F)c1. The van der Waals surface area contributed by atoms with Crippen LogP contribution in [0, 0.1) is 12.7 Å². The number of hydrogen-bond donors (Lipinski definition) is 0. The monoisotopic (exact) mass is 404 g/mol. The molecule has 0 radical (unpaired) electrons. The van der Waals surface area contributed by atoms with Crippen molar-refractivity contribution in [2.45, 2.75) is 6.92 Å². The number of carbonyl (C=O) groups excluding carboxylic acids is 1. The largest absolute Gasteiger partial charge is 0.288 e. The number of hydrogen-bond acceptors (Lipinski definition) is 1.